The van der Waals surface area contributed by atoms with Crippen LogP contribution in [-0.4, -0.2) is 83.9 Å². The molecule has 3 rings (SSSR count). The van der Waals surface area contributed by atoms with E-state index in [1.807, 2.05) is 0 Å². The van der Waals surface area contributed by atoms with E-state index >= 15 is 0 Å². The molecule has 0 saturated carbocycles. The van der Waals surface area contributed by atoms with Gasteiger partial charge in [0.2, 0.25) is 5.91 Å². The number of nitrogens with zero attached hydrogens (tertiary/aromatic N) is 4. The van der Waals surface area contributed by atoms with Gasteiger partial charge in [-0.2, -0.15) is 5.10 Å². The number of hydrogen-bond acceptors (Lipinski definition) is 5. The van der Waals surface area contributed by atoms with E-state index in [2.05, 4.69) is 15.3 Å². The third-order valence-electron chi connectivity index (χ3n) is 5.12. The van der Waals surface area contributed by atoms with E-state index in [1.54, 1.807) is 36.1 Å². The second-order valence-corrected chi connectivity index (χ2v) is 6.80. The van der Waals surface area contributed by atoms with Gasteiger partial charge in [-0.05, 0) is 12.8 Å². The van der Waals surface area contributed by atoms with Crippen molar-refractivity contribution in [3.8, 4) is 0 Å². The number of carbonyl (C=O) groups is 2. The van der Waals surface area contributed by atoms with Crippen LogP contribution in [0.5, 0.6) is 0 Å². The molecule has 1 aromatic heterocycles. The lowest BCUT2D eigenvalue weighted by Crippen LogP contribution is -2.45. The Balaban J connectivity index is 1.75. The van der Waals surface area contributed by atoms with Gasteiger partial charge in [0, 0.05) is 65.7 Å². The van der Waals surface area contributed by atoms with Crippen LogP contribution in [0.3, 0.4) is 0 Å². The number of nitrogens with one attached hydrogen (secondary N) is 1. The molecule has 3 heterocycles. The zero-order valence-electron chi connectivity index (χ0n) is 15.0. The molecule has 0 aromatic carbocycles. The Morgan fingerprint density at radius 3 is 2.64 bits per heavy atom. The molecule has 2 amide bonds. The van der Waals surface area contributed by atoms with Gasteiger partial charge in [-0.25, -0.2) is 0 Å². The first-order chi connectivity index (χ1) is 12.1. The van der Waals surface area contributed by atoms with Gasteiger partial charge in [0.05, 0.1) is 17.7 Å². The molecular weight excluding hydrogens is 322 g/mol. The Hall–Kier alpha value is -1.93. The summed E-state index contributed by atoms with van der Waals surface area (Å²) < 4.78 is 7.08. The highest BCUT2D eigenvalue weighted by atomic mass is 16.5. The molecule has 2 aliphatic rings. The van der Waals surface area contributed by atoms with E-state index in [9.17, 15) is 9.59 Å². The van der Waals surface area contributed by atoms with Crippen LogP contribution in [0, 0.1) is 5.92 Å². The van der Waals surface area contributed by atoms with Crippen molar-refractivity contribution in [1.29, 1.82) is 0 Å². The molecule has 2 aliphatic heterocycles. The van der Waals surface area contributed by atoms with Crippen molar-refractivity contribution in [2.75, 3.05) is 46.4 Å². The molecule has 8 nitrogen and oxygen atoms in total. The summed E-state index contributed by atoms with van der Waals surface area (Å²) in [7, 11) is 3.44. The largest absolute Gasteiger partial charge is 0.381 e. The summed E-state index contributed by atoms with van der Waals surface area (Å²) in [6.07, 6.45) is 5.27. The molecule has 1 unspecified atom stereocenters. The molecule has 1 N–H and O–H groups in total. The van der Waals surface area contributed by atoms with Gasteiger partial charge in [-0.15, -0.1) is 0 Å². The molecule has 0 bridgehead atoms. The smallest absolute Gasteiger partial charge is 0.257 e. The number of amides is 2. The first kappa shape index (κ1) is 17.9. The highest BCUT2D eigenvalue weighted by Crippen LogP contribution is 2.20. The van der Waals surface area contributed by atoms with Gasteiger partial charge in [0.25, 0.3) is 5.91 Å². The molecular formula is C17H27N5O3. The van der Waals surface area contributed by atoms with Crippen LogP contribution in [0.15, 0.2) is 12.4 Å². The van der Waals surface area contributed by atoms with E-state index in [4.69, 9.17) is 4.74 Å². The van der Waals surface area contributed by atoms with Crippen LogP contribution in [0.25, 0.3) is 0 Å². The average Bonchev–Trinajstić information content (AvgIpc) is 2.95. The average molecular weight is 349 g/mol. The van der Waals surface area contributed by atoms with E-state index in [0.717, 1.165) is 32.6 Å². The second kappa shape index (κ2) is 7.97. The maximum atomic E-state index is 12.8. The van der Waals surface area contributed by atoms with Gasteiger partial charge in [-0.1, -0.05) is 0 Å². The molecule has 8 heteroatoms. The first-order valence-corrected chi connectivity index (χ1v) is 8.89. The normalized spacial score (nSPS) is 23.3. The lowest BCUT2D eigenvalue weighted by molar-refractivity contribution is -0.125. The highest BCUT2D eigenvalue weighted by molar-refractivity contribution is 5.94. The van der Waals surface area contributed by atoms with Crippen LogP contribution in [-0.2, 0) is 16.6 Å². The van der Waals surface area contributed by atoms with E-state index in [-0.39, 0.29) is 17.7 Å². The summed E-state index contributed by atoms with van der Waals surface area (Å²) >= 11 is 0. The number of ether oxygens (including phenoxy) is 1. The SMILES string of the molecule is CNC(=O)C1CN(C(=O)c2cnn(C)c2)CCN(C2CCOCC2)C1. The number of carbonyl (C=O) groups excluding carboxylic acids is 2. The van der Waals surface area contributed by atoms with Gasteiger partial charge < -0.3 is 15.0 Å². The molecule has 0 radical (unpaired) electrons. The Labute approximate surface area is 148 Å². The van der Waals surface area contributed by atoms with Crippen LogP contribution < -0.4 is 5.32 Å². The monoisotopic (exact) mass is 349 g/mol. The van der Waals surface area contributed by atoms with Crippen LogP contribution >= 0.6 is 0 Å². The van der Waals surface area contributed by atoms with Crippen molar-refractivity contribution in [1.82, 2.24) is 24.9 Å². The second-order valence-electron chi connectivity index (χ2n) is 6.80. The molecule has 2 saturated heterocycles. The summed E-state index contributed by atoms with van der Waals surface area (Å²) in [6.45, 7) is 4.06. The van der Waals surface area contributed by atoms with Gasteiger partial charge in [-0.3, -0.25) is 19.2 Å². The fourth-order valence-corrected chi connectivity index (χ4v) is 3.69. The van der Waals surface area contributed by atoms with Crippen LogP contribution in [0.1, 0.15) is 23.2 Å². The summed E-state index contributed by atoms with van der Waals surface area (Å²) in [6, 6.07) is 0.425. The van der Waals surface area contributed by atoms with Gasteiger partial charge >= 0.3 is 0 Å². The molecule has 138 valence electrons. The van der Waals surface area contributed by atoms with Crippen LogP contribution in [0.4, 0.5) is 0 Å². The number of aromatic nitrogens is 2. The Bertz CT molecular complexity index is 611. The third kappa shape index (κ3) is 4.19. The zero-order chi connectivity index (χ0) is 17.8. The van der Waals surface area contributed by atoms with Crippen molar-refractivity contribution in [2.24, 2.45) is 13.0 Å². The van der Waals surface area contributed by atoms with Crippen molar-refractivity contribution < 1.29 is 14.3 Å². The Morgan fingerprint density at radius 1 is 1.24 bits per heavy atom. The van der Waals surface area contributed by atoms with E-state index < -0.39 is 0 Å². The lowest BCUT2D eigenvalue weighted by Gasteiger charge is -2.34. The molecule has 2 fully saturated rings. The predicted octanol–water partition coefficient (Wildman–Crippen LogP) is -0.281. The number of hydrogen-bond donors (Lipinski definition) is 1. The van der Waals surface area contributed by atoms with Crippen molar-refractivity contribution >= 4 is 11.8 Å². The number of rotatable bonds is 3. The predicted molar refractivity (Wildman–Crippen MR) is 92.1 cm³/mol. The summed E-state index contributed by atoms with van der Waals surface area (Å²) in [4.78, 5) is 29.3. The van der Waals surface area contributed by atoms with Gasteiger partial charge in [0.1, 0.15) is 0 Å². The highest BCUT2D eigenvalue weighted by Gasteiger charge is 2.33. The van der Waals surface area contributed by atoms with Crippen molar-refractivity contribution in [3.05, 3.63) is 18.0 Å². The van der Waals surface area contributed by atoms with Gasteiger partial charge in [0.15, 0.2) is 0 Å². The first-order valence-electron chi connectivity index (χ1n) is 8.89. The maximum absolute atomic E-state index is 12.8. The van der Waals surface area contributed by atoms with Crippen molar-refractivity contribution in [3.63, 3.8) is 0 Å². The fourth-order valence-electron chi connectivity index (χ4n) is 3.69. The van der Waals surface area contributed by atoms with E-state index in [0.29, 0.717) is 31.2 Å². The van der Waals surface area contributed by atoms with Crippen LogP contribution in [0.2, 0.25) is 0 Å². The standard InChI is InChI=1S/C17H27N5O3/c1-18-16(23)14-11-21(15-3-7-25-8-4-15)5-6-22(12-14)17(24)13-9-19-20(2)10-13/h9-10,14-15H,3-8,11-12H2,1-2H3,(H,18,23). The minimum absolute atomic E-state index is 0.0112. The molecule has 0 aliphatic carbocycles. The maximum Gasteiger partial charge on any atom is 0.257 e. The summed E-state index contributed by atoms with van der Waals surface area (Å²) in [5.41, 5.74) is 0.567. The van der Waals surface area contributed by atoms with E-state index in [1.165, 1.54) is 0 Å². The molecule has 1 aromatic rings. The molecule has 1 atom stereocenters. The zero-order valence-corrected chi connectivity index (χ0v) is 15.0. The lowest BCUT2D eigenvalue weighted by atomic mass is 10.0. The van der Waals surface area contributed by atoms with Crippen molar-refractivity contribution in [2.45, 2.75) is 18.9 Å². The molecule has 0 spiro atoms. The quantitative estimate of drug-likeness (QED) is 0.812. The fraction of sp³-hybridized carbons (Fsp3) is 0.706. The summed E-state index contributed by atoms with van der Waals surface area (Å²) in [5, 5.41) is 6.82. The minimum atomic E-state index is -0.226. The Morgan fingerprint density at radius 2 is 2.00 bits per heavy atom. The Kier molecular flexibility index (Phi) is 5.70. The number of aryl methyl sites for hydroxylation is 1. The molecule has 25 heavy (non-hydrogen) atoms. The minimum Gasteiger partial charge on any atom is -0.381 e. The third-order valence-corrected chi connectivity index (χ3v) is 5.12. The summed E-state index contributed by atoms with van der Waals surface area (Å²) in [5.74, 6) is -0.297. The topological polar surface area (TPSA) is 79.7 Å².